The Hall–Kier alpha value is -1.01. The van der Waals surface area contributed by atoms with Gasteiger partial charge in [0.25, 0.3) is 5.91 Å². The van der Waals surface area contributed by atoms with E-state index < -0.39 is 0 Å². The number of halogens is 2. The number of ether oxygens (including phenoxy) is 2. The summed E-state index contributed by atoms with van der Waals surface area (Å²) in [6.45, 7) is 8.21. The fourth-order valence-corrected chi connectivity index (χ4v) is 3.20. The first-order chi connectivity index (χ1) is 12.0. The van der Waals surface area contributed by atoms with Gasteiger partial charge in [-0.2, -0.15) is 0 Å². The Morgan fingerprint density at radius 1 is 1.32 bits per heavy atom. The minimum absolute atomic E-state index is 0.0857. The van der Waals surface area contributed by atoms with Crippen molar-refractivity contribution in [3.63, 3.8) is 0 Å². The monoisotopic (exact) mass is 388 g/mol. The number of carbonyl (C=O) groups is 1. The number of carbonyl (C=O) groups excluding carboxylic acids is 1. The number of rotatable bonds is 8. The lowest BCUT2D eigenvalue weighted by molar-refractivity contribution is -0.123. The van der Waals surface area contributed by atoms with E-state index >= 15 is 0 Å². The van der Waals surface area contributed by atoms with Crippen LogP contribution < -0.4 is 10.1 Å². The molecule has 140 valence electrons. The SMILES string of the molecule is CC(C)CC(CNC(=O)COc1cc(Cl)ccc1Cl)N1CCOCC1. The van der Waals surface area contributed by atoms with Crippen molar-refractivity contribution in [3.8, 4) is 5.75 Å². The second-order valence-corrected chi connectivity index (χ2v) is 7.44. The van der Waals surface area contributed by atoms with E-state index in [0.717, 1.165) is 32.7 Å². The lowest BCUT2D eigenvalue weighted by Crippen LogP contribution is -2.49. The van der Waals surface area contributed by atoms with E-state index in [9.17, 15) is 4.79 Å². The van der Waals surface area contributed by atoms with Gasteiger partial charge >= 0.3 is 0 Å². The summed E-state index contributed by atoms with van der Waals surface area (Å²) < 4.78 is 10.9. The van der Waals surface area contributed by atoms with Crippen LogP contribution in [0.25, 0.3) is 0 Å². The molecule has 1 aliphatic rings. The molecule has 0 aromatic heterocycles. The zero-order valence-electron chi connectivity index (χ0n) is 14.8. The van der Waals surface area contributed by atoms with Crippen LogP contribution in [0.5, 0.6) is 5.75 Å². The van der Waals surface area contributed by atoms with Crippen LogP contribution in [0.4, 0.5) is 0 Å². The summed E-state index contributed by atoms with van der Waals surface area (Å²) in [4.78, 5) is 14.5. The predicted molar refractivity (Wildman–Crippen MR) is 101 cm³/mol. The number of hydrogen-bond acceptors (Lipinski definition) is 4. The Balaban J connectivity index is 1.82. The first-order valence-electron chi connectivity index (χ1n) is 8.62. The van der Waals surface area contributed by atoms with Gasteiger partial charge in [0.1, 0.15) is 5.75 Å². The topological polar surface area (TPSA) is 50.8 Å². The first-order valence-corrected chi connectivity index (χ1v) is 9.37. The van der Waals surface area contributed by atoms with Crippen molar-refractivity contribution in [1.29, 1.82) is 0 Å². The van der Waals surface area contributed by atoms with Gasteiger partial charge in [-0.1, -0.05) is 37.0 Å². The zero-order valence-corrected chi connectivity index (χ0v) is 16.3. The average molecular weight is 389 g/mol. The lowest BCUT2D eigenvalue weighted by atomic mass is 10.0. The number of nitrogens with zero attached hydrogens (tertiary/aromatic N) is 1. The van der Waals surface area contributed by atoms with Crippen molar-refractivity contribution in [2.75, 3.05) is 39.5 Å². The molecule has 0 radical (unpaired) electrons. The van der Waals surface area contributed by atoms with Crippen molar-refractivity contribution < 1.29 is 14.3 Å². The number of hydrogen-bond donors (Lipinski definition) is 1. The van der Waals surface area contributed by atoms with Crippen LogP contribution in [0.15, 0.2) is 18.2 Å². The second kappa shape index (κ2) is 10.2. The molecular weight excluding hydrogens is 363 g/mol. The zero-order chi connectivity index (χ0) is 18.2. The Kier molecular flexibility index (Phi) is 8.30. The highest BCUT2D eigenvalue weighted by molar-refractivity contribution is 6.34. The number of morpholine rings is 1. The normalized spacial score (nSPS) is 16.7. The molecule has 0 saturated carbocycles. The summed E-state index contributed by atoms with van der Waals surface area (Å²) in [6, 6.07) is 5.23. The third-order valence-electron chi connectivity index (χ3n) is 4.09. The molecule has 0 aliphatic carbocycles. The number of nitrogens with one attached hydrogen (secondary N) is 1. The molecule has 1 amide bonds. The summed E-state index contributed by atoms with van der Waals surface area (Å²) >= 11 is 11.9. The van der Waals surface area contributed by atoms with Gasteiger partial charge in [-0.3, -0.25) is 9.69 Å². The van der Waals surface area contributed by atoms with E-state index in [4.69, 9.17) is 32.7 Å². The molecule has 2 rings (SSSR count). The fourth-order valence-electron chi connectivity index (χ4n) is 2.86. The van der Waals surface area contributed by atoms with Crippen LogP contribution in [0.3, 0.4) is 0 Å². The van der Waals surface area contributed by atoms with E-state index in [-0.39, 0.29) is 12.5 Å². The van der Waals surface area contributed by atoms with Gasteiger partial charge in [-0.15, -0.1) is 0 Å². The Morgan fingerprint density at radius 2 is 2.04 bits per heavy atom. The van der Waals surface area contributed by atoms with Gasteiger partial charge in [-0.25, -0.2) is 0 Å². The van der Waals surface area contributed by atoms with Crippen molar-refractivity contribution in [2.45, 2.75) is 26.3 Å². The molecule has 1 unspecified atom stereocenters. The molecule has 5 nitrogen and oxygen atoms in total. The summed E-state index contributed by atoms with van der Waals surface area (Å²) in [6.07, 6.45) is 1.03. The number of amides is 1. The maximum atomic E-state index is 12.1. The molecule has 7 heteroatoms. The van der Waals surface area contributed by atoms with Crippen molar-refractivity contribution in [2.24, 2.45) is 5.92 Å². The fraction of sp³-hybridized carbons (Fsp3) is 0.611. The molecule has 1 aromatic rings. The van der Waals surface area contributed by atoms with Crippen molar-refractivity contribution in [1.82, 2.24) is 10.2 Å². The molecule has 0 spiro atoms. The Morgan fingerprint density at radius 3 is 2.72 bits per heavy atom. The van der Waals surface area contributed by atoms with Crippen LogP contribution in [0.2, 0.25) is 10.0 Å². The van der Waals surface area contributed by atoms with Gasteiger partial charge in [0.05, 0.1) is 18.2 Å². The van der Waals surface area contributed by atoms with Crippen LogP contribution in [0.1, 0.15) is 20.3 Å². The third-order valence-corrected chi connectivity index (χ3v) is 4.64. The molecular formula is C18H26Cl2N2O3. The van der Waals surface area contributed by atoms with Crippen LogP contribution in [-0.4, -0.2) is 56.3 Å². The van der Waals surface area contributed by atoms with Crippen molar-refractivity contribution >= 4 is 29.1 Å². The van der Waals surface area contributed by atoms with Crippen molar-refractivity contribution in [3.05, 3.63) is 28.2 Å². The summed E-state index contributed by atoms with van der Waals surface area (Å²) in [5.74, 6) is 0.806. The highest BCUT2D eigenvalue weighted by Gasteiger charge is 2.22. The molecule has 1 atom stereocenters. The molecule has 1 heterocycles. The maximum Gasteiger partial charge on any atom is 0.257 e. The van der Waals surface area contributed by atoms with Gasteiger partial charge in [0.15, 0.2) is 6.61 Å². The van der Waals surface area contributed by atoms with E-state index in [1.807, 2.05) is 0 Å². The minimum atomic E-state index is -0.168. The van der Waals surface area contributed by atoms with E-state index in [0.29, 0.717) is 34.3 Å². The molecule has 1 aromatic carbocycles. The Bertz CT molecular complexity index is 563. The predicted octanol–water partition coefficient (Wildman–Crippen LogP) is 3.24. The maximum absolute atomic E-state index is 12.1. The van der Waals surface area contributed by atoms with Crippen LogP contribution in [-0.2, 0) is 9.53 Å². The van der Waals surface area contributed by atoms with E-state index in [1.54, 1.807) is 18.2 Å². The molecule has 1 aliphatic heterocycles. The minimum Gasteiger partial charge on any atom is -0.482 e. The molecule has 25 heavy (non-hydrogen) atoms. The number of benzene rings is 1. The highest BCUT2D eigenvalue weighted by Crippen LogP contribution is 2.27. The molecule has 1 saturated heterocycles. The quantitative estimate of drug-likeness (QED) is 0.742. The van der Waals surface area contributed by atoms with E-state index in [1.165, 1.54) is 0 Å². The lowest BCUT2D eigenvalue weighted by Gasteiger charge is -2.35. The summed E-state index contributed by atoms with van der Waals surface area (Å²) in [5, 5.41) is 3.92. The summed E-state index contributed by atoms with van der Waals surface area (Å²) in [5.41, 5.74) is 0. The first kappa shape index (κ1) is 20.3. The van der Waals surface area contributed by atoms with Crippen LogP contribution in [0, 0.1) is 5.92 Å². The standard InChI is InChI=1S/C18H26Cl2N2O3/c1-13(2)9-15(22-5-7-24-8-6-22)11-21-18(23)12-25-17-10-14(19)3-4-16(17)20/h3-4,10,13,15H,5-9,11-12H2,1-2H3,(H,21,23). The molecule has 1 N–H and O–H groups in total. The third kappa shape index (κ3) is 7.02. The largest absolute Gasteiger partial charge is 0.482 e. The highest BCUT2D eigenvalue weighted by atomic mass is 35.5. The van der Waals surface area contributed by atoms with Gasteiger partial charge in [-0.05, 0) is 24.5 Å². The summed E-state index contributed by atoms with van der Waals surface area (Å²) in [7, 11) is 0. The van der Waals surface area contributed by atoms with E-state index in [2.05, 4.69) is 24.1 Å². The molecule has 1 fully saturated rings. The average Bonchev–Trinajstić information content (AvgIpc) is 2.59. The molecule has 0 bridgehead atoms. The smallest absolute Gasteiger partial charge is 0.257 e. The Labute approximate surface area is 159 Å². The van der Waals surface area contributed by atoms with Gasteiger partial charge in [0, 0.05) is 36.8 Å². The van der Waals surface area contributed by atoms with Gasteiger partial charge in [0.2, 0.25) is 0 Å². The van der Waals surface area contributed by atoms with Gasteiger partial charge < -0.3 is 14.8 Å². The van der Waals surface area contributed by atoms with Crippen LogP contribution >= 0.6 is 23.2 Å². The second-order valence-electron chi connectivity index (χ2n) is 6.60.